The number of benzene rings is 2. The van der Waals surface area contributed by atoms with Crippen LogP contribution in [0.2, 0.25) is 5.02 Å². The quantitative estimate of drug-likeness (QED) is 0.470. The lowest BCUT2D eigenvalue weighted by molar-refractivity contribution is 0.393. The van der Waals surface area contributed by atoms with Gasteiger partial charge >= 0.3 is 5.69 Å². The molecule has 0 spiro atoms. The molecule has 5 aromatic rings. The van der Waals surface area contributed by atoms with Gasteiger partial charge in [0.25, 0.3) is 0 Å². The number of hydrogen-bond donors (Lipinski definition) is 1. The van der Waals surface area contributed by atoms with E-state index >= 15 is 0 Å². The van der Waals surface area contributed by atoms with Gasteiger partial charge in [-0.2, -0.15) is 0 Å². The molecule has 0 amide bonds. The zero-order valence-electron chi connectivity index (χ0n) is 15.2. The van der Waals surface area contributed by atoms with Crippen molar-refractivity contribution in [3.63, 3.8) is 0 Å². The van der Waals surface area contributed by atoms with Gasteiger partial charge in [0.05, 0.1) is 34.1 Å². The normalized spacial score (nSPS) is 11.5. The molecular weight excluding hydrogens is 376 g/mol. The van der Waals surface area contributed by atoms with E-state index in [1.54, 1.807) is 22.9 Å². The average Bonchev–Trinajstić information content (AvgIpc) is 3.19. The summed E-state index contributed by atoms with van der Waals surface area (Å²) < 4.78 is 6.92. The van der Waals surface area contributed by atoms with Crippen LogP contribution in [0, 0.1) is 13.8 Å². The van der Waals surface area contributed by atoms with Gasteiger partial charge in [-0.25, -0.2) is 4.79 Å². The van der Waals surface area contributed by atoms with E-state index in [1.165, 1.54) is 0 Å². The van der Waals surface area contributed by atoms with Gasteiger partial charge in [-0.1, -0.05) is 28.9 Å². The minimum absolute atomic E-state index is 0.235. The molecule has 5 rings (SSSR count). The Hall–Kier alpha value is -3.38. The lowest BCUT2D eigenvalue weighted by Gasteiger charge is -2.08. The summed E-state index contributed by atoms with van der Waals surface area (Å²) >= 11 is 6.14. The standard InChI is InChI=1S/C21H15ClN4O2/c1-11-19(12(2)28-25-11)13-6-7-16-17(8-13)23-10-18-20(16)26(21(27)24-18)15-5-3-4-14(22)9-15/h3-10H,1-2H3,(H,24,27). The number of nitrogens with one attached hydrogen (secondary N) is 1. The summed E-state index contributed by atoms with van der Waals surface area (Å²) in [6, 6.07) is 13.2. The third-order valence-corrected chi connectivity index (χ3v) is 5.13. The zero-order chi connectivity index (χ0) is 19.4. The first kappa shape index (κ1) is 16.8. The van der Waals surface area contributed by atoms with Crippen molar-refractivity contribution in [2.24, 2.45) is 0 Å². The van der Waals surface area contributed by atoms with Crippen LogP contribution in [0.1, 0.15) is 11.5 Å². The fourth-order valence-corrected chi connectivity index (χ4v) is 3.88. The molecule has 0 bridgehead atoms. The van der Waals surface area contributed by atoms with Gasteiger partial charge in [0.15, 0.2) is 0 Å². The molecule has 0 aliphatic rings. The number of fused-ring (bicyclic) bond motifs is 3. The van der Waals surface area contributed by atoms with E-state index in [1.807, 2.05) is 44.2 Å². The lowest BCUT2D eigenvalue weighted by atomic mass is 10.0. The Morgan fingerprint density at radius 2 is 2.00 bits per heavy atom. The second-order valence-electron chi connectivity index (χ2n) is 6.70. The Labute approximate surface area is 164 Å². The number of H-pyrrole nitrogens is 1. The lowest BCUT2D eigenvalue weighted by Crippen LogP contribution is -2.14. The van der Waals surface area contributed by atoms with E-state index < -0.39 is 0 Å². The fourth-order valence-electron chi connectivity index (χ4n) is 3.70. The van der Waals surface area contributed by atoms with Crippen LogP contribution in [0.4, 0.5) is 0 Å². The number of pyridine rings is 1. The molecule has 0 saturated carbocycles. The van der Waals surface area contributed by atoms with Crippen molar-refractivity contribution in [1.82, 2.24) is 19.7 Å². The molecule has 0 unspecified atom stereocenters. The van der Waals surface area contributed by atoms with E-state index in [0.717, 1.165) is 39.0 Å². The Morgan fingerprint density at radius 1 is 1.14 bits per heavy atom. The molecule has 0 aliphatic heterocycles. The van der Waals surface area contributed by atoms with E-state index in [4.69, 9.17) is 16.1 Å². The minimum atomic E-state index is -0.235. The molecular formula is C21H15ClN4O2. The van der Waals surface area contributed by atoms with E-state index in [0.29, 0.717) is 16.2 Å². The van der Waals surface area contributed by atoms with Crippen molar-refractivity contribution in [2.75, 3.05) is 0 Å². The maximum absolute atomic E-state index is 12.7. The summed E-state index contributed by atoms with van der Waals surface area (Å²) in [5, 5.41) is 5.46. The molecule has 0 atom stereocenters. The van der Waals surface area contributed by atoms with Crippen LogP contribution in [0.3, 0.4) is 0 Å². The number of aromatic amines is 1. The number of aromatic nitrogens is 4. The van der Waals surface area contributed by atoms with Crippen LogP contribution < -0.4 is 5.69 Å². The molecule has 0 saturated heterocycles. The third kappa shape index (κ3) is 2.46. The van der Waals surface area contributed by atoms with Crippen molar-refractivity contribution in [3.8, 4) is 16.8 Å². The van der Waals surface area contributed by atoms with Gasteiger partial charge in [0.1, 0.15) is 5.76 Å². The monoisotopic (exact) mass is 390 g/mol. The van der Waals surface area contributed by atoms with Gasteiger partial charge in [0.2, 0.25) is 0 Å². The number of hydrogen-bond acceptors (Lipinski definition) is 4. The number of rotatable bonds is 2. The van der Waals surface area contributed by atoms with Gasteiger partial charge in [-0.05, 0) is 49.7 Å². The predicted octanol–water partition coefficient (Wildman–Crippen LogP) is 4.79. The van der Waals surface area contributed by atoms with Crippen LogP contribution >= 0.6 is 11.6 Å². The molecule has 138 valence electrons. The number of halogens is 1. The van der Waals surface area contributed by atoms with Crippen LogP contribution in [0.15, 0.2) is 58.0 Å². The van der Waals surface area contributed by atoms with Gasteiger partial charge in [0, 0.05) is 16.0 Å². The topological polar surface area (TPSA) is 76.7 Å². The number of aryl methyl sites for hydroxylation is 2. The molecule has 28 heavy (non-hydrogen) atoms. The Bertz CT molecular complexity index is 1410. The Kier molecular flexibility index (Phi) is 3.64. The van der Waals surface area contributed by atoms with Crippen molar-refractivity contribution in [3.05, 3.63) is 75.6 Å². The summed E-state index contributed by atoms with van der Waals surface area (Å²) in [5.74, 6) is 0.760. The van der Waals surface area contributed by atoms with Crippen molar-refractivity contribution >= 4 is 33.5 Å². The van der Waals surface area contributed by atoms with Gasteiger partial charge < -0.3 is 9.51 Å². The Balaban J connectivity index is 1.82. The highest BCUT2D eigenvalue weighted by Crippen LogP contribution is 2.31. The molecule has 0 aliphatic carbocycles. The Morgan fingerprint density at radius 3 is 2.75 bits per heavy atom. The fraction of sp³-hybridized carbons (Fsp3) is 0.0952. The molecule has 2 aromatic carbocycles. The SMILES string of the molecule is Cc1noc(C)c1-c1ccc2c(c1)ncc1[nH]c(=O)n(-c3cccc(Cl)c3)c12. The highest BCUT2D eigenvalue weighted by atomic mass is 35.5. The summed E-state index contributed by atoms with van der Waals surface area (Å²) in [4.78, 5) is 20.1. The number of nitrogens with zero attached hydrogens (tertiary/aromatic N) is 3. The summed E-state index contributed by atoms with van der Waals surface area (Å²) in [6.45, 7) is 3.80. The van der Waals surface area contributed by atoms with Crippen LogP contribution in [0.5, 0.6) is 0 Å². The molecule has 0 fully saturated rings. The highest BCUT2D eigenvalue weighted by Gasteiger charge is 2.16. The van der Waals surface area contributed by atoms with Crippen molar-refractivity contribution in [1.29, 1.82) is 0 Å². The van der Waals surface area contributed by atoms with E-state index in [-0.39, 0.29) is 5.69 Å². The molecule has 3 heterocycles. The second kappa shape index (κ2) is 6.07. The van der Waals surface area contributed by atoms with E-state index in [2.05, 4.69) is 15.1 Å². The van der Waals surface area contributed by atoms with E-state index in [9.17, 15) is 4.79 Å². The van der Waals surface area contributed by atoms with Gasteiger partial charge in [-0.15, -0.1) is 0 Å². The summed E-state index contributed by atoms with van der Waals surface area (Å²) in [6.07, 6.45) is 1.68. The van der Waals surface area contributed by atoms with Crippen LogP contribution in [-0.4, -0.2) is 19.7 Å². The van der Waals surface area contributed by atoms with Crippen molar-refractivity contribution < 1.29 is 4.52 Å². The average molecular weight is 391 g/mol. The largest absolute Gasteiger partial charge is 0.361 e. The second-order valence-corrected chi connectivity index (χ2v) is 7.13. The highest BCUT2D eigenvalue weighted by molar-refractivity contribution is 6.30. The molecule has 6 nitrogen and oxygen atoms in total. The summed E-state index contributed by atoms with van der Waals surface area (Å²) in [5.41, 5.74) is 5.45. The molecule has 7 heteroatoms. The first-order valence-electron chi connectivity index (χ1n) is 8.75. The summed E-state index contributed by atoms with van der Waals surface area (Å²) in [7, 11) is 0. The van der Waals surface area contributed by atoms with Crippen LogP contribution in [0.25, 0.3) is 38.8 Å². The zero-order valence-corrected chi connectivity index (χ0v) is 15.9. The number of imidazole rings is 1. The smallest absolute Gasteiger partial charge is 0.331 e. The van der Waals surface area contributed by atoms with Gasteiger partial charge in [-0.3, -0.25) is 9.55 Å². The first-order valence-corrected chi connectivity index (χ1v) is 9.13. The minimum Gasteiger partial charge on any atom is -0.361 e. The maximum Gasteiger partial charge on any atom is 0.331 e. The van der Waals surface area contributed by atoms with Crippen molar-refractivity contribution in [2.45, 2.75) is 13.8 Å². The van der Waals surface area contributed by atoms with Crippen LogP contribution in [-0.2, 0) is 0 Å². The molecule has 3 aromatic heterocycles. The maximum atomic E-state index is 12.7. The first-order chi connectivity index (χ1) is 13.5. The third-order valence-electron chi connectivity index (χ3n) is 4.90. The predicted molar refractivity (Wildman–Crippen MR) is 109 cm³/mol. The molecule has 0 radical (unpaired) electrons. The molecule has 1 N–H and O–H groups in total.